The molecule has 1 saturated carbocycles. The molecule has 0 spiro atoms. The van der Waals surface area contributed by atoms with Crippen molar-refractivity contribution in [3.05, 3.63) is 35.4 Å². The van der Waals surface area contributed by atoms with Crippen molar-refractivity contribution in [2.24, 2.45) is 10.9 Å². The predicted molar refractivity (Wildman–Crippen MR) is 101 cm³/mol. The molecule has 1 aliphatic carbocycles. The molecule has 144 valence electrons. The van der Waals surface area contributed by atoms with Gasteiger partial charge in [0.25, 0.3) is 0 Å². The predicted octanol–water partition coefficient (Wildman–Crippen LogP) is 3.28. The molecule has 6 heteroatoms. The van der Waals surface area contributed by atoms with Gasteiger partial charge < -0.3 is 10.6 Å². The maximum Gasteiger partial charge on any atom is 0.191 e. The van der Waals surface area contributed by atoms with Gasteiger partial charge in [0.1, 0.15) is 0 Å². The molecule has 2 N–H and O–H groups in total. The van der Waals surface area contributed by atoms with E-state index in [2.05, 4.69) is 27.4 Å². The first kappa shape index (κ1) is 19.1. The van der Waals surface area contributed by atoms with Crippen LogP contribution in [0.3, 0.4) is 0 Å². The number of hydrogen-bond donors (Lipinski definition) is 2. The lowest BCUT2D eigenvalue weighted by Crippen LogP contribution is -2.49. The summed E-state index contributed by atoms with van der Waals surface area (Å²) in [5, 5.41) is 7.08. The van der Waals surface area contributed by atoms with Crippen LogP contribution in [-0.4, -0.2) is 43.1 Å². The molecule has 0 bridgehead atoms. The third kappa shape index (κ3) is 5.16. The Kier molecular flexibility index (Phi) is 6.46. The largest absolute Gasteiger partial charge is 0.354 e. The van der Waals surface area contributed by atoms with Gasteiger partial charge in [-0.25, -0.2) is 8.78 Å². The molecule has 0 aromatic heterocycles. The molecule has 26 heavy (non-hydrogen) atoms. The third-order valence-electron chi connectivity index (χ3n) is 5.45. The third-order valence-corrected chi connectivity index (χ3v) is 5.45. The first-order chi connectivity index (χ1) is 12.6. The Morgan fingerprint density at radius 2 is 1.96 bits per heavy atom. The monoisotopic (exact) mass is 364 g/mol. The number of benzene rings is 1. The standard InChI is InChI=1S/C20H30F2N4/c1-3-4-15-12-19(15)25-20(23-2)24-16-7-9-26(10-8-16)13-14-5-6-17(21)18(22)11-14/h5-6,11,15-16,19H,3-4,7-10,12-13H2,1-2H3,(H2,23,24,25). The van der Waals surface area contributed by atoms with E-state index in [1.54, 1.807) is 6.07 Å². The van der Waals surface area contributed by atoms with Crippen LogP contribution in [0.1, 0.15) is 44.6 Å². The van der Waals surface area contributed by atoms with Crippen molar-refractivity contribution in [2.75, 3.05) is 20.1 Å². The maximum absolute atomic E-state index is 13.3. The van der Waals surface area contributed by atoms with Gasteiger partial charge in [0, 0.05) is 38.8 Å². The van der Waals surface area contributed by atoms with E-state index in [-0.39, 0.29) is 0 Å². The van der Waals surface area contributed by atoms with E-state index in [4.69, 9.17) is 0 Å². The molecule has 1 aromatic rings. The Balaban J connectivity index is 1.41. The van der Waals surface area contributed by atoms with Gasteiger partial charge in [-0.15, -0.1) is 0 Å². The zero-order valence-corrected chi connectivity index (χ0v) is 15.8. The van der Waals surface area contributed by atoms with Gasteiger partial charge in [0.15, 0.2) is 17.6 Å². The summed E-state index contributed by atoms with van der Waals surface area (Å²) in [6, 6.07) is 5.16. The number of nitrogens with zero attached hydrogens (tertiary/aromatic N) is 2. The van der Waals surface area contributed by atoms with E-state index in [0.29, 0.717) is 18.6 Å². The molecule has 1 saturated heterocycles. The molecule has 2 aliphatic rings. The van der Waals surface area contributed by atoms with Crippen LogP contribution in [0.25, 0.3) is 0 Å². The molecular weight excluding hydrogens is 334 g/mol. The SMILES string of the molecule is CCCC1CC1NC(=NC)NC1CCN(Cc2ccc(F)c(F)c2)CC1. The van der Waals surface area contributed by atoms with Crippen LogP contribution in [0.15, 0.2) is 23.2 Å². The van der Waals surface area contributed by atoms with Gasteiger partial charge in [0.05, 0.1) is 0 Å². The van der Waals surface area contributed by atoms with Crippen LogP contribution in [0, 0.1) is 17.6 Å². The molecule has 1 aliphatic heterocycles. The van der Waals surface area contributed by atoms with Crippen LogP contribution in [0.5, 0.6) is 0 Å². The number of piperidine rings is 1. The van der Waals surface area contributed by atoms with Crippen LogP contribution >= 0.6 is 0 Å². The maximum atomic E-state index is 13.3. The van der Waals surface area contributed by atoms with Gasteiger partial charge in [-0.05, 0) is 49.3 Å². The van der Waals surface area contributed by atoms with E-state index in [1.807, 2.05) is 7.05 Å². The first-order valence-corrected chi connectivity index (χ1v) is 9.75. The van der Waals surface area contributed by atoms with Gasteiger partial charge in [-0.1, -0.05) is 19.4 Å². The van der Waals surface area contributed by atoms with E-state index in [1.165, 1.54) is 31.4 Å². The molecule has 4 nitrogen and oxygen atoms in total. The number of halogens is 2. The lowest BCUT2D eigenvalue weighted by molar-refractivity contribution is 0.198. The zero-order valence-electron chi connectivity index (χ0n) is 15.8. The molecule has 0 amide bonds. The van der Waals surface area contributed by atoms with Crippen LogP contribution in [0.4, 0.5) is 8.78 Å². The molecule has 2 atom stereocenters. The summed E-state index contributed by atoms with van der Waals surface area (Å²) in [5.74, 6) is 0.159. The van der Waals surface area contributed by atoms with E-state index < -0.39 is 11.6 Å². The normalized spacial score (nSPS) is 24.5. The molecule has 0 radical (unpaired) electrons. The second-order valence-electron chi connectivity index (χ2n) is 7.55. The first-order valence-electron chi connectivity index (χ1n) is 9.75. The van der Waals surface area contributed by atoms with Crippen LogP contribution < -0.4 is 10.6 Å². The Morgan fingerprint density at radius 1 is 1.19 bits per heavy atom. The fraction of sp³-hybridized carbons (Fsp3) is 0.650. The average Bonchev–Trinajstić information content (AvgIpc) is 3.37. The highest BCUT2D eigenvalue weighted by molar-refractivity contribution is 5.80. The van der Waals surface area contributed by atoms with E-state index in [9.17, 15) is 8.78 Å². The highest BCUT2D eigenvalue weighted by atomic mass is 19.2. The minimum Gasteiger partial charge on any atom is -0.354 e. The van der Waals surface area contributed by atoms with Crippen molar-refractivity contribution in [3.8, 4) is 0 Å². The van der Waals surface area contributed by atoms with Crippen LogP contribution in [0.2, 0.25) is 0 Å². The number of rotatable bonds is 6. The van der Waals surface area contributed by atoms with E-state index in [0.717, 1.165) is 43.4 Å². The fourth-order valence-electron chi connectivity index (χ4n) is 3.79. The van der Waals surface area contributed by atoms with Gasteiger partial charge in [-0.3, -0.25) is 9.89 Å². The van der Waals surface area contributed by atoms with Crippen molar-refractivity contribution in [1.82, 2.24) is 15.5 Å². The van der Waals surface area contributed by atoms with Crippen molar-refractivity contribution < 1.29 is 8.78 Å². The summed E-state index contributed by atoms with van der Waals surface area (Å²) in [5.41, 5.74) is 0.823. The van der Waals surface area contributed by atoms with Gasteiger partial charge >= 0.3 is 0 Å². The van der Waals surface area contributed by atoms with Crippen molar-refractivity contribution in [3.63, 3.8) is 0 Å². The molecule has 1 aromatic carbocycles. The summed E-state index contributed by atoms with van der Waals surface area (Å²) in [6.45, 7) is 4.78. The number of aliphatic imine (C=N–C) groups is 1. The second-order valence-corrected chi connectivity index (χ2v) is 7.55. The minimum atomic E-state index is -0.785. The molecular formula is C20H30F2N4. The van der Waals surface area contributed by atoms with Crippen molar-refractivity contribution in [1.29, 1.82) is 0 Å². The van der Waals surface area contributed by atoms with Crippen molar-refractivity contribution >= 4 is 5.96 Å². The fourth-order valence-corrected chi connectivity index (χ4v) is 3.79. The number of nitrogens with one attached hydrogen (secondary N) is 2. The summed E-state index contributed by atoms with van der Waals surface area (Å²) < 4.78 is 26.4. The Labute approximate surface area is 155 Å². The number of hydrogen-bond acceptors (Lipinski definition) is 2. The summed E-state index contributed by atoms with van der Waals surface area (Å²) in [7, 11) is 1.82. The summed E-state index contributed by atoms with van der Waals surface area (Å²) in [6.07, 6.45) is 5.82. The number of likely N-dealkylation sites (tertiary alicyclic amines) is 1. The number of guanidine groups is 1. The van der Waals surface area contributed by atoms with E-state index >= 15 is 0 Å². The molecule has 2 unspecified atom stereocenters. The van der Waals surface area contributed by atoms with Crippen molar-refractivity contribution in [2.45, 2.75) is 57.7 Å². The minimum absolute atomic E-state index is 0.408. The highest BCUT2D eigenvalue weighted by Crippen LogP contribution is 2.34. The Bertz CT molecular complexity index is 626. The Morgan fingerprint density at radius 3 is 2.62 bits per heavy atom. The quantitative estimate of drug-likeness (QED) is 0.601. The average molecular weight is 364 g/mol. The molecule has 1 heterocycles. The smallest absolute Gasteiger partial charge is 0.191 e. The van der Waals surface area contributed by atoms with Gasteiger partial charge in [0.2, 0.25) is 0 Å². The molecule has 3 rings (SSSR count). The zero-order chi connectivity index (χ0) is 18.5. The molecule has 2 fully saturated rings. The lowest BCUT2D eigenvalue weighted by atomic mass is 10.0. The highest BCUT2D eigenvalue weighted by Gasteiger charge is 2.36. The topological polar surface area (TPSA) is 39.7 Å². The summed E-state index contributed by atoms with van der Waals surface area (Å²) >= 11 is 0. The van der Waals surface area contributed by atoms with Crippen LogP contribution in [-0.2, 0) is 6.54 Å². The lowest BCUT2D eigenvalue weighted by Gasteiger charge is -2.33. The second kappa shape index (κ2) is 8.80. The summed E-state index contributed by atoms with van der Waals surface area (Å²) in [4.78, 5) is 6.66. The van der Waals surface area contributed by atoms with Gasteiger partial charge in [-0.2, -0.15) is 0 Å². The Hall–Kier alpha value is -1.69.